The number of likely N-dealkylation sites (N-methyl/N-ethyl adjacent to an activating group) is 1. The molecule has 4 atom stereocenters. The summed E-state index contributed by atoms with van der Waals surface area (Å²) in [5, 5.41) is 3.75. The van der Waals surface area contributed by atoms with Gasteiger partial charge >= 0.3 is 0 Å². The first-order valence-electron chi connectivity index (χ1n) is 8.65. The first-order chi connectivity index (χ1) is 10.2. The SMILES string of the molecule is CCNC(C1CC(C)CC(C)C1)C1Cc2ccccc2O1. The number of benzene rings is 1. The Bertz CT molecular complexity index is 437. The molecule has 116 valence electrons. The van der Waals surface area contributed by atoms with E-state index >= 15 is 0 Å². The van der Waals surface area contributed by atoms with Gasteiger partial charge in [-0.2, -0.15) is 0 Å². The summed E-state index contributed by atoms with van der Waals surface area (Å²) >= 11 is 0. The predicted octanol–water partition coefficient (Wildman–Crippen LogP) is 4.04. The van der Waals surface area contributed by atoms with Crippen LogP contribution in [0.1, 0.15) is 45.6 Å². The maximum absolute atomic E-state index is 6.28. The van der Waals surface area contributed by atoms with Crippen LogP contribution >= 0.6 is 0 Å². The number of nitrogens with one attached hydrogen (secondary N) is 1. The van der Waals surface area contributed by atoms with Gasteiger partial charge in [-0.3, -0.25) is 0 Å². The third kappa shape index (κ3) is 3.26. The second-order valence-electron chi connectivity index (χ2n) is 7.23. The van der Waals surface area contributed by atoms with Crippen molar-refractivity contribution in [3.8, 4) is 5.75 Å². The molecule has 1 heterocycles. The normalized spacial score (nSPS) is 33.3. The van der Waals surface area contributed by atoms with Gasteiger partial charge in [0.05, 0.1) is 0 Å². The Kier molecular flexibility index (Phi) is 4.54. The number of hydrogen-bond donors (Lipinski definition) is 1. The van der Waals surface area contributed by atoms with Gasteiger partial charge in [0.15, 0.2) is 0 Å². The quantitative estimate of drug-likeness (QED) is 0.902. The summed E-state index contributed by atoms with van der Waals surface area (Å²) in [6.07, 6.45) is 5.45. The van der Waals surface area contributed by atoms with E-state index in [9.17, 15) is 0 Å². The molecule has 0 amide bonds. The van der Waals surface area contributed by atoms with E-state index in [0.717, 1.165) is 36.5 Å². The minimum absolute atomic E-state index is 0.310. The first kappa shape index (κ1) is 14.9. The zero-order chi connectivity index (χ0) is 14.8. The Labute approximate surface area is 129 Å². The fourth-order valence-electron chi connectivity index (χ4n) is 4.55. The van der Waals surface area contributed by atoms with E-state index in [-0.39, 0.29) is 0 Å². The van der Waals surface area contributed by atoms with Gasteiger partial charge < -0.3 is 10.1 Å². The van der Waals surface area contributed by atoms with Crippen LogP contribution in [0.15, 0.2) is 24.3 Å². The third-order valence-electron chi connectivity index (χ3n) is 5.24. The molecule has 21 heavy (non-hydrogen) atoms. The lowest BCUT2D eigenvalue weighted by Gasteiger charge is -2.39. The van der Waals surface area contributed by atoms with Crippen LogP contribution in [-0.2, 0) is 6.42 Å². The van der Waals surface area contributed by atoms with Crippen LogP contribution in [0.5, 0.6) is 5.75 Å². The maximum Gasteiger partial charge on any atom is 0.123 e. The Balaban J connectivity index is 1.73. The molecule has 4 unspecified atom stereocenters. The second-order valence-corrected chi connectivity index (χ2v) is 7.23. The average molecular weight is 287 g/mol. The Morgan fingerprint density at radius 1 is 1.14 bits per heavy atom. The molecule has 1 aromatic rings. The zero-order valence-corrected chi connectivity index (χ0v) is 13.6. The van der Waals surface area contributed by atoms with Crippen LogP contribution in [0, 0.1) is 17.8 Å². The lowest BCUT2D eigenvalue weighted by atomic mass is 9.72. The molecular formula is C19H29NO. The standard InChI is InChI=1S/C19H29NO/c1-4-20-19(16-10-13(2)9-14(3)11-16)18-12-15-7-5-6-8-17(15)21-18/h5-8,13-14,16,18-20H,4,9-12H2,1-3H3. The van der Waals surface area contributed by atoms with E-state index in [1.165, 1.54) is 24.8 Å². The van der Waals surface area contributed by atoms with E-state index < -0.39 is 0 Å². The monoisotopic (exact) mass is 287 g/mol. The summed E-state index contributed by atoms with van der Waals surface area (Å²) in [6, 6.07) is 9.02. The molecule has 1 fully saturated rings. The topological polar surface area (TPSA) is 21.3 Å². The minimum Gasteiger partial charge on any atom is -0.488 e. The van der Waals surface area contributed by atoms with Crippen molar-refractivity contribution in [1.82, 2.24) is 5.32 Å². The van der Waals surface area contributed by atoms with Gasteiger partial charge in [-0.05, 0) is 55.2 Å². The van der Waals surface area contributed by atoms with Gasteiger partial charge in [-0.25, -0.2) is 0 Å². The summed E-state index contributed by atoms with van der Waals surface area (Å²) in [5.41, 5.74) is 1.38. The van der Waals surface area contributed by atoms with E-state index in [1.54, 1.807) is 0 Å². The van der Waals surface area contributed by atoms with Crippen LogP contribution in [-0.4, -0.2) is 18.7 Å². The number of ether oxygens (including phenoxy) is 1. The van der Waals surface area contributed by atoms with Gasteiger partial charge in [-0.15, -0.1) is 0 Å². The largest absolute Gasteiger partial charge is 0.488 e. The molecule has 0 saturated heterocycles. The van der Waals surface area contributed by atoms with Crippen molar-refractivity contribution < 1.29 is 4.74 Å². The molecule has 1 aliphatic carbocycles. The highest BCUT2D eigenvalue weighted by molar-refractivity contribution is 5.37. The smallest absolute Gasteiger partial charge is 0.123 e. The van der Waals surface area contributed by atoms with Crippen molar-refractivity contribution in [2.24, 2.45) is 17.8 Å². The maximum atomic E-state index is 6.28. The van der Waals surface area contributed by atoms with Gasteiger partial charge in [0.2, 0.25) is 0 Å². The molecule has 1 saturated carbocycles. The highest BCUT2D eigenvalue weighted by Gasteiger charge is 2.37. The molecule has 1 aliphatic heterocycles. The summed E-state index contributed by atoms with van der Waals surface area (Å²) < 4.78 is 6.28. The van der Waals surface area contributed by atoms with E-state index in [0.29, 0.717) is 12.1 Å². The molecule has 0 spiro atoms. The summed E-state index contributed by atoms with van der Waals surface area (Å²) in [4.78, 5) is 0. The van der Waals surface area contributed by atoms with E-state index in [4.69, 9.17) is 4.74 Å². The minimum atomic E-state index is 0.310. The zero-order valence-electron chi connectivity index (χ0n) is 13.6. The molecule has 0 aromatic heterocycles. The average Bonchev–Trinajstić information content (AvgIpc) is 2.87. The van der Waals surface area contributed by atoms with Crippen molar-refractivity contribution in [3.63, 3.8) is 0 Å². The molecule has 2 heteroatoms. The van der Waals surface area contributed by atoms with Gasteiger partial charge in [0.1, 0.15) is 11.9 Å². The number of fused-ring (bicyclic) bond motifs is 1. The summed E-state index contributed by atoms with van der Waals surface area (Å²) in [5.74, 6) is 3.55. The highest BCUT2D eigenvalue weighted by Crippen LogP contribution is 2.38. The lowest BCUT2D eigenvalue weighted by Crippen LogP contribution is -2.49. The van der Waals surface area contributed by atoms with Gasteiger partial charge in [0.25, 0.3) is 0 Å². The summed E-state index contributed by atoms with van der Waals surface area (Å²) in [6.45, 7) is 8.07. The fourth-order valence-corrected chi connectivity index (χ4v) is 4.55. The molecule has 2 nitrogen and oxygen atoms in total. The molecule has 0 radical (unpaired) electrons. The Morgan fingerprint density at radius 3 is 2.52 bits per heavy atom. The Hall–Kier alpha value is -1.02. The fraction of sp³-hybridized carbons (Fsp3) is 0.684. The van der Waals surface area contributed by atoms with Crippen molar-refractivity contribution in [3.05, 3.63) is 29.8 Å². The number of rotatable bonds is 4. The lowest BCUT2D eigenvalue weighted by molar-refractivity contribution is 0.0948. The predicted molar refractivity (Wildman–Crippen MR) is 87.7 cm³/mol. The van der Waals surface area contributed by atoms with Crippen molar-refractivity contribution in [2.75, 3.05) is 6.54 Å². The second kappa shape index (κ2) is 6.39. The molecule has 0 bridgehead atoms. The number of para-hydroxylation sites is 1. The van der Waals surface area contributed by atoms with Crippen LogP contribution in [0.2, 0.25) is 0 Å². The molecule has 1 N–H and O–H groups in total. The molecular weight excluding hydrogens is 258 g/mol. The van der Waals surface area contributed by atoms with Gasteiger partial charge in [-0.1, -0.05) is 39.0 Å². The molecule has 1 aromatic carbocycles. The third-order valence-corrected chi connectivity index (χ3v) is 5.24. The number of hydrogen-bond acceptors (Lipinski definition) is 2. The molecule has 2 aliphatic rings. The highest BCUT2D eigenvalue weighted by atomic mass is 16.5. The van der Waals surface area contributed by atoms with Crippen molar-refractivity contribution in [2.45, 2.75) is 58.6 Å². The van der Waals surface area contributed by atoms with Gasteiger partial charge in [0, 0.05) is 12.5 Å². The van der Waals surface area contributed by atoms with Crippen molar-refractivity contribution >= 4 is 0 Å². The first-order valence-corrected chi connectivity index (χ1v) is 8.65. The Morgan fingerprint density at radius 2 is 1.86 bits per heavy atom. The van der Waals surface area contributed by atoms with E-state index in [1.807, 2.05) is 0 Å². The summed E-state index contributed by atoms with van der Waals surface area (Å²) in [7, 11) is 0. The van der Waals surface area contributed by atoms with Crippen molar-refractivity contribution in [1.29, 1.82) is 0 Å². The van der Waals surface area contributed by atoms with Crippen LogP contribution in [0.4, 0.5) is 0 Å². The van der Waals surface area contributed by atoms with Crippen LogP contribution < -0.4 is 10.1 Å². The van der Waals surface area contributed by atoms with E-state index in [2.05, 4.69) is 50.4 Å². The van der Waals surface area contributed by atoms with Crippen LogP contribution in [0.25, 0.3) is 0 Å². The molecule has 3 rings (SSSR count). The van der Waals surface area contributed by atoms with Crippen LogP contribution in [0.3, 0.4) is 0 Å².